The molecule has 2 aliphatic rings. The van der Waals surface area contributed by atoms with Gasteiger partial charge in [0.2, 0.25) is 18.7 Å². The van der Waals surface area contributed by atoms with Gasteiger partial charge in [0.15, 0.2) is 11.5 Å². The van der Waals surface area contributed by atoms with E-state index in [4.69, 9.17) is 21.1 Å². The molecule has 2 aromatic rings. The monoisotopic (exact) mass is 371 g/mol. The second-order valence-corrected chi connectivity index (χ2v) is 6.26. The van der Waals surface area contributed by atoms with E-state index in [0.29, 0.717) is 22.1 Å². The number of benzene rings is 2. The van der Waals surface area contributed by atoms with E-state index in [2.05, 4.69) is 15.6 Å². The standard InChI is InChI=1S/C18H14ClN3O4/c19-12-4-1-10(2-5-12)13-8-16(23)21-18(20-13)22-17(24)11-3-6-14-15(7-11)26-9-25-14/h1-7,13H,8-9H2,(H2,20,21,22,23,24)/t13-/m0/s1. The van der Waals surface area contributed by atoms with Crippen LogP contribution >= 0.6 is 11.6 Å². The molecule has 0 radical (unpaired) electrons. The molecule has 2 N–H and O–H groups in total. The molecule has 0 saturated carbocycles. The van der Waals surface area contributed by atoms with Crippen LogP contribution in [0.15, 0.2) is 47.5 Å². The minimum absolute atomic E-state index is 0.115. The van der Waals surface area contributed by atoms with Gasteiger partial charge >= 0.3 is 0 Å². The van der Waals surface area contributed by atoms with Crippen molar-refractivity contribution in [2.45, 2.75) is 12.5 Å². The molecule has 132 valence electrons. The Labute approximate surface area is 154 Å². The molecule has 0 spiro atoms. The Morgan fingerprint density at radius 1 is 1.15 bits per heavy atom. The number of rotatable bonds is 2. The number of carbonyl (C=O) groups excluding carboxylic acids is 2. The molecule has 2 aliphatic heterocycles. The van der Waals surface area contributed by atoms with Crippen LogP contribution in [0, 0.1) is 0 Å². The lowest BCUT2D eigenvalue weighted by Crippen LogP contribution is -2.47. The van der Waals surface area contributed by atoms with Crippen LogP contribution in [0.1, 0.15) is 28.4 Å². The summed E-state index contributed by atoms with van der Waals surface area (Å²) in [5.41, 5.74) is 1.22. The second-order valence-electron chi connectivity index (χ2n) is 5.82. The normalized spacial score (nSPS) is 18.1. The SMILES string of the molecule is O=C1C[C@@H](c2ccc(Cl)cc2)N=C(NC(=O)c2ccc3c(c2)OCO3)N1. The van der Waals surface area contributed by atoms with Crippen LogP contribution in [0.4, 0.5) is 0 Å². The molecular formula is C18H14ClN3O4. The first-order valence-corrected chi connectivity index (χ1v) is 8.30. The Morgan fingerprint density at radius 3 is 2.73 bits per heavy atom. The topological polar surface area (TPSA) is 89.0 Å². The summed E-state index contributed by atoms with van der Waals surface area (Å²) in [5.74, 6) is 0.586. The largest absolute Gasteiger partial charge is 0.454 e. The number of carbonyl (C=O) groups is 2. The van der Waals surface area contributed by atoms with E-state index in [0.717, 1.165) is 5.56 Å². The Hall–Kier alpha value is -3.06. The molecule has 26 heavy (non-hydrogen) atoms. The molecule has 1 atom stereocenters. The van der Waals surface area contributed by atoms with Gasteiger partial charge in [-0.15, -0.1) is 0 Å². The molecule has 0 saturated heterocycles. The predicted molar refractivity (Wildman–Crippen MR) is 94.4 cm³/mol. The first-order chi connectivity index (χ1) is 12.6. The molecule has 0 aliphatic carbocycles. The molecule has 0 bridgehead atoms. The highest BCUT2D eigenvalue weighted by atomic mass is 35.5. The van der Waals surface area contributed by atoms with E-state index in [-0.39, 0.29) is 31.1 Å². The highest BCUT2D eigenvalue weighted by molar-refractivity contribution is 6.30. The highest BCUT2D eigenvalue weighted by Crippen LogP contribution is 2.32. The number of amides is 2. The van der Waals surface area contributed by atoms with E-state index >= 15 is 0 Å². The van der Waals surface area contributed by atoms with E-state index in [9.17, 15) is 9.59 Å². The fourth-order valence-corrected chi connectivity index (χ4v) is 2.88. The quantitative estimate of drug-likeness (QED) is 0.848. The molecule has 0 aromatic heterocycles. The molecule has 2 heterocycles. The van der Waals surface area contributed by atoms with E-state index in [1.807, 2.05) is 12.1 Å². The van der Waals surface area contributed by atoms with Crippen molar-refractivity contribution in [3.63, 3.8) is 0 Å². The predicted octanol–water partition coefficient (Wildman–Crippen LogP) is 2.42. The van der Waals surface area contributed by atoms with Gasteiger partial charge in [-0.1, -0.05) is 23.7 Å². The first-order valence-electron chi connectivity index (χ1n) is 7.92. The molecule has 0 fully saturated rings. The van der Waals surface area contributed by atoms with E-state index < -0.39 is 5.91 Å². The van der Waals surface area contributed by atoms with Crippen LogP contribution < -0.4 is 20.1 Å². The van der Waals surface area contributed by atoms with E-state index in [1.54, 1.807) is 30.3 Å². The fraction of sp³-hybridized carbons (Fsp3) is 0.167. The van der Waals surface area contributed by atoms with Crippen LogP contribution in [-0.2, 0) is 4.79 Å². The molecular weight excluding hydrogens is 358 g/mol. The number of hydrogen-bond donors (Lipinski definition) is 2. The summed E-state index contributed by atoms with van der Waals surface area (Å²) in [6, 6.07) is 11.6. The highest BCUT2D eigenvalue weighted by Gasteiger charge is 2.24. The lowest BCUT2D eigenvalue weighted by Gasteiger charge is -2.21. The number of nitrogens with zero attached hydrogens (tertiary/aromatic N) is 1. The van der Waals surface area contributed by atoms with Gasteiger partial charge in [0.25, 0.3) is 5.91 Å². The average molecular weight is 372 g/mol. The second kappa shape index (κ2) is 6.68. The maximum absolute atomic E-state index is 12.5. The third-order valence-corrected chi connectivity index (χ3v) is 4.29. The van der Waals surface area contributed by atoms with Crippen molar-refractivity contribution in [3.8, 4) is 11.5 Å². The Kier molecular flexibility index (Phi) is 4.22. The van der Waals surface area contributed by atoms with Gasteiger partial charge in [-0.3, -0.25) is 20.2 Å². The number of guanidine groups is 1. The number of fused-ring (bicyclic) bond motifs is 1. The van der Waals surface area contributed by atoms with E-state index in [1.165, 1.54) is 0 Å². The van der Waals surface area contributed by atoms with Gasteiger partial charge in [0.1, 0.15) is 0 Å². The summed E-state index contributed by atoms with van der Waals surface area (Å²) >= 11 is 5.89. The maximum Gasteiger partial charge on any atom is 0.258 e. The first kappa shape index (κ1) is 16.4. The number of nitrogens with one attached hydrogen (secondary N) is 2. The van der Waals surface area contributed by atoms with Crippen LogP contribution in [0.3, 0.4) is 0 Å². The van der Waals surface area contributed by atoms with Crippen molar-refractivity contribution in [2.75, 3.05) is 6.79 Å². The van der Waals surface area contributed by atoms with Crippen molar-refractivity contribution >= 4 is 29.4 Å². The summed E-state index contributed by atoms with van der Waals surface area (Å²) in [7, 11) is 0. The molecule has 7 nitrogen and oxygen atoms in total. The zero-order valence-electron chi connectivity index (χ0n) is 13.5. The summed E-state index contributed by atoms with van der Waals surface area (Å²) in [6.07, 6.45) is 0.199. The van der Waals surface area contributed by atoms with Gasteiger partial charge < -0.3 is 9.47 Å². The van der Waals surface area contributed by atoms with Crippen LogP contribution in [0.5, 0.6) is 11.5 Å². The molecule has 0 unspecified atom stereocenters. The third-order valence-electron chi connectivity index (χ3n) is 4.04. The molecule has 2 aromatic carbocycles. The van der Waals surface area contributed by atoms with Gasteiger partial charge in [0.05, 0.1) is 12.5 Å². The maximum atomic E-state index is 12.5. The number of hydrogen-bond acceptors (Lipinski definition) is 5. The summed E-state index contributed by atoms with van der Waals surface area (Å²) in [6.45, 7) is 0.131. The number of halogens is 1. The zero-order valence-corrected chi connectivity index (χ0v) is 14.2. The number of aliphatic imine (C=N–C) groups is 1. The number of ether oxygens (including phenoxy) is 2. The average Bonchev–Trinajstić information content (AvgIpc) is 3.09. The molecule has 2 amide bonds. The van der Waals surface area contributed by atoms with Crippen molar-refractivity contribution < 1.29 is 19.1 Å². The Balaban J connectivity index is 1.53. The fourth-order valence-electron chi connectivity index (χ4n) is 2.75. The van der Waals surface area contributed by atoms with Crippen molar-refractivity contribution in [2.24, 2.45) is 4.99 Å². The summed E-state index contributed by atoms with van der Waals surface area (Å²) in [5, 5.41) is 5.81. The van der Waals surface area contributed by atoms with Crippen molar-refractivity contribution in [1.82, 2.24) is 10.6 Å². The van der Waals surface area contributed by atoms with Crippen LogP contribution in [0.2, 0.25) is 5.02 Å². The van der Waals surface area contributed by atoms with Crippen molar-refractivity contribution in [1.29, 1.82) is 0 Å². The van der Waals surface area contributed by atoms with Gasteiger partial charge in [-0.2, -0.15) is 0 Å². The third kappa shape index (κ3) is 3.34. The minimum atomic E-state index is -0.404. The lowest BCUT2D eigenvalue weighted by atomic mass is 10.0. The minimum Gasteiger partial charge on any atom is -0.454 e. The Bertz CT molecular complexity index is 911. The van der Waals surface area contributed by atoms with Gasteiger partial charge in [-0.05, 0) is 35.9 Å². The van der Waals surface area contributed by atoms with Gasteiger partial charge in [0, 0.05) is 10.6 Å². The van der Waals surface area contributed by atoms with Crippen molar-refractivity contribution in [3.05, 3.63) is 58.6 Å². The van der Waals surface area contributed by atoms with Crippen LogP contribution in [0.25, 0.3) is 0 Å². The summed E-state index contributed by atoms with van der Waals surface area (Å²) in [4.78, 5) is 28.9. The zero-order chi connectivity index (χ0) is 18.1. The summed E-state index contributed by atoms with van der Waals surface area (Å²) < 4.78 is 10.5. The van der Waals surface area contributed by atoms with Crippen LogP contribution in [-0.4, -0.2) is 24.6 Å². The molecule has 8 heteroatoms. The van der Waals surface area contributed by atoms with Gasteiger partial charge in [-0.25, -0.2) is 4.99 Å². The Morgan fingerprint density at radius 2 is 1.92 bits per heavy atom. The molecule has 4 rings (SSSR count). The smallest absolute Gasteiger partial charge is 0.258 e. The lowest BCUT2D eigenvalue weighted by molar-refractivity contribution is -0.120.